The maximum absolute atomic E-state index is 11.1. The van der Waals surface area contributed by atoms with Crippen LogP contribution in [0.4, 0.5) is 0 Å². The average Bonchev–Trinajstić information content (AvgIpc) is 2.06. The summed E-state index contributed by atoms with van der Waals surface area (Å²) in [6.45, 7) is 1.63. The second-order valence-corrected chi connectivity index (χ2v) is 5.59. The van der Waals surface area contributed by atoms with E-state index in [1.54, 1.807) is 6.92 Å². The molecule has 82 valence electrons. The van der Waals surface area contributed by atoms with Gasteiger partial charge in [-0.3, -0.25) is 0 Å². The first-order chi connectivity index (χ1) is 6.73. The minimum absolute atomic E-state index is 0.0559. The molecule has 0 heterocycles. The number of aromatic carboxylic acids is 1. The van der Waals surface area contributed by atoms with Crippen LogP contribution in [-0.2, 0) is 10.0 Å². The van der Waals surface area contributed by atoms with E-state index < -0.39 is 16.0 Å². The molecule has 15 heavy (non-hydrogen) atoms. The fourth-order valence-electron chi connectivity index (χ4n) is 1.06. The molecule has 7 heteroatoms. The first kappa shape index (κ1) is 12.4. The molecule has 3 N–H and O–H groups in total. The summed E-state index contributed by atoms with van der Waals surface area (Å²) in [5, 5.41) is 13.8. The van der Waals surface area contributed by atoms with E-state index in [0.717, 1.165) is 6.07 Å². The molecule has 0 saturated carbocycles. The number of halogens is 1. The molecule has 0 saturated heterocycles. The van der Waals surface area contributed by atoms with Crippen LogP contribution >= 0.6 is 22.6 Å². The minimum atomic E-state index is -3.86. The predicted octanol–water partition coefficient (Wildman–Crippen LogP) is 0.945. The summed E-state index contributed by atoms with van der Waals surface area (Å²) >= 11 is 1.85. The van der Waals surface area contributed by atoms with Crippen molar-refractivity contribution in [1.29, 1.82) is 0 Å². The van der Waals surface area contributed by atoms with Gasteiger partial charge in [0.25, 0.3) is 0 Å². The van der Waals surface area contributed by atoms with Crippen molar-refractivity contribution in [3.63, 3.8) is 0 Å². The van der Waals surface area contributed by atoms with Crippen LogP contribution in [-0.4, -0.2) is 19.5 Å². The zero-order chi connectivity index (χ0) is 11.8. The van der Waals surface area contributed by atoms with E-state index in [9.17, 15) is 13.2 Å². The quantitative estimate of drug-likeness (QED) is 0.783. The van der Waals surface area contributed by atoms with Crippen LogP contribution in [0.25, 0.3) is 0 Å². The smallest absolute Gasteiger partial charge is 0.336 e. The molecule has 0 aliphatic rings. The van der Waals surface area contributed by atoms with E-state index in [4.69, 9.17) is 10.2 Å². The molecule has 5 nitrogen and oxygen atoms in total. The number of carboxylic acid groups (broad SMARTS) is 1. The molecule has 0 aliphatic heterocycles. The van der Waals surface area contributed by atoms with Gasteiger partial charge in [0.05, 0.1) is 10.5 Å². The van der Waals surface area contributed by atoms with Crippen LogP contribution < -0.4 is 5.14 Å². The van der Waals surface area contributed by atoms with Crippen LogP contribution in [0.5, 0.6) is 0 Å². The second kappa shape index (κ2) is 4.06. The van der Waals surface area contributed by atoms with Gasteiger partial charge in [-0.05, 0) is 47.2 Å². The highest BCUT2D eigenvalue weighted by molar-refractivity contribution is 14.1. The molecule has 0 aliphatic carbocycles. The third kappa shape index (κ3) is 2.67. The van der Waals surface area contributed by atoms with Crippen molar-refractivity contribution < 1.29 is 18.3 Å². The number of sulfonamides is 1. The van der Waals surface area contributed by atoms with E-state index in [0.29, 0.717) is 9.13 Å². The van der Waals surface area contributed by atoms with E-state index in [-0.39, 0.29) is 10.5 Å². The van der Waals surface area contributed by atoms with Crippen molar-refractivity contribution >= 4 is 38.6 Å². The molecule has 0 amide bonds. The Hall–Kier alpha value is -0.670. The van der Waals surface area contributed by atoms with Gasteiger partial charge in [0.1, 0.15) is 0 Å². The van der Waals surface area contributed by atoms with E-state index in [1.807, 2.05) is 22.6 Å². The maximum Gasteiger partial charge on any atom is 0.336 e. The van der Waals surface area contributed by atoms with Gasteiger partial charge in [0.15, 0.2) is 0 Å². The zero-order valence-corrected chi connectivity index (χ0v) is 10.7. The van der Waals surface area contributed by atoms with Gasteiger partial charge in [-0.1, -0.05) is 0 Å². The molecule has 0 fully saturated rings. The van der Waals surface area contributed by atoms with Crippen LogP contribution in [0.1, 0.15) is 15.9 Å². The number of carboxylic acids is 1. The number of nitrogens with two attached hydrogens (primary N) is 1. The van der Waals surface area contributed by atoms with Crippen molar-refractivity contribution in [1.82, 2.24) is 0 Å². The van der Waals surface area contributed by atoms with Crippen LogP contribution in [0.3, 0.4) is 0 Å². The molecule has 0 unspecified atom stereocenters. The van der Waals surface area contributed by atoms with E-state index in [1.165, 1.54) is 6.07 Å². The summed E-state index contributed by atoms with van der Waals surface area (Å²) in [6, 6.07) is 2.41. The number of rotatable bonds is 2. The SMILES string of the molecule is Cc1cc(S(N)(=O)=O)cc(C(=O)O)c1I. The largest absolute Gasteiger partial charge is 0.478 e. The normalized spacial score (nSPS) is 11.4. The molecule has 0 atom stereocenters. The number of carbonyl (C=O) groups is 1. The van der Waals surface area contributed by atoms with Crippen LogP contribution in [0.15, 0.2) is 17.0 Å². The Morgan fingerprint density at radius 2 is 2.00 bits per heavy atom. The Morgan fingerprint density at radius 3 is 2.40 bits per heavy atom. The van der Waals surface area contributed by atoms with Crippen molar-refractivity contribution in [2.45, 2.75) is 11.8 Å². The fraction of sp³-hybridized carbons (Fsp3) is 0.125. The predicted molar refractivity (Wildman–Crippen MR) is 62.2 cm³/mol. The lowest BCUT2D eigenvalue weighted by Gasteiger charge is -2.06. The zero-order valence-electron chi connectivity index (χ0n) is 7.69. The van der Waals surface area contributed by atoms with Gasteiger partial charge in [-0.25, -0.2) is 18.4 Å². The monoisotopic (exact) mass is 341 g/mol. The topological polar surface area (TPSA) is 97.5 Å². The Morgan fingerprint density at radius 1 is 1.47 bits per heavy atom. The van der Waals surface area contributed by atoms with Crippen molar-refractivity contribution in [3.8, 4) is 0 Å². The first-order valence-electron chi connectivity index (χ1n) is 3.79. The van der Waals surface area contributed by atoms with Crippen LogP contribution in [0, 0.1) is 10.5 Å². The molecule has 1 aromatic rings. The lowest BCUT2D eigenvalue weighted by Crippen LogP contribution is -2.14. The Balaban J connectivity index is 3.57. The molecular weight excluding hydrogens is 333 g/mol. The van der Waals surface area contributed by atoms with Crippen LogP contribution in [0.2, 0.25) is 0 Å². The van der Waals surface area contributed by atoms with Gasteiger partial charge in [0.2, 0.25) is 10.0 Å². The standard InChI is InChI=1S/C8H8INO4S/c1-4-2-5(15(10,13)14)3-6(7(4)9)8(11)12/h2-3H,1H3,(H,11,12)(H2,10,13,14). The summed E-state index contributed by atoms with van der Waals surface area (Å²) < 4.78 is 22.6. The van der Waals surface area contributed by atoms with Gasteiger partial charge in [-0.15, -0.1) is 0 Å². The highest BCUT2D eigenvalue weighted by Gasteiger charge is 2.16. The molecular formula is C8H8INO4S. The summed E-state index contributed by atoms with van der Waals surface area (Å²) in [7, 11) is -3.86. The Kier molecular flexibility index (Phi) is 3.36. The molecule has 0 aromatic heterocycles. The molecule has 0 radical (unpaired) electrons. The molecule has 1 aromatic carbocycles. The van der Waals surface area contributed by atoms with Crippen molar-refractivity contribution in [2.75, 3.05) is 0 Å². The average molecular weight is 341 g/mol. The molecule has 0 bridgehead atoms. The van der Waals surface area contributed by atoms with E-state index in [2.05, 4.69) is 0 Å². The summed E-state index contributed by atoms with van der Waals surface area (Å²) in [5.74, 6) is -1.17. The number of hydrogen-bond acceptors (Lipinski definition) is 3. The summed E-state index contributed by atoms with van der Waals surface area (Å²) in [4.78, 5) is 10.6. The van der Waals surface area contributed by atoms with Crippen molar-refractivity contribution in [3.05, 3.63) is 26.8 Å². The molecule has 0 spiro atoms. The Labute approximate surface area is 100 Å². The lowest BCUT2D eigenvalue weighted by atomic mass is 10.1. The fourth-order valence-corrected chi connectivity index (χ4v) is 2.22. The third-order valence-corrected chi connectivity index (χ3v) is 4.11. The highest BCUT2D eigenvalue weighted by Crippen LogP contribution is 2.21. The summed E-state index contributed by atoms with van der Waals surface area (Å²) in [5.41, 5.74) is 0.513. The molecule has 1 rings (SSSR count). The van der Waals surface area contributed by atoms with Gasteiger partial charge in [-0.2, -0.15) is 0 Å². The number of hydrogen-bond donors (Lipinski definition) is 2. The van der Waals surface area contributed by atoms with E-state index >= 15 is 0 Å². The number of aryl methyl sites for hydroxylation is 1. The lowest BCUT2D eigenvalue weighted by molar-refractivity contribution is 0.0695. The second-order valence-electron chi connectivity index (χ2n) is 2.95. The third-order valence-electron chi connectivity index (χ3n) is 1.79. The van der Waals surface area contributed by atoms with Gasteiger partial charge < -0.3 is 5.11 Å². The Bertz CT molecular complexity index is 524. The highest BCUT2D eigenvalue weighted by atomic mass is 127. The van der Waals surface area contributed by atoms with Gasteiger partial charge >= 0.3 is 5.97 Å². The van der Waals surface area contributed by atoms with Gasteiger partial charge in [0, 0.05) is 3.57 Å². The first-order valence-corrected chi connectivity index (χ1v) is 6.42. The number of primary sulfonamides is 1. The minimum Gasteiger partial charge on any atom is -0.478 e. The number of benzene rings is 1. The summed E-state index contributed by atoms with van der Waals surface area (Å²) in [6.07, 6.45) is 0. The maximum atomic E-state index is 11.1. The van der Waals surface area contributed by atoms with Crippen molar-refractivity contribution in [2.24, 2.45) is 5.14 Å².